The summed E-state index contributed by atoms with van der Waals surface area (Å²) in [6.45, 7) is 1.78. The van der Waals surface area contributed by atoms with Gasteiger partial charge in [0.25, 0.3) is 0 Å². The molecule has 0 atom stereocenters. The number of carbonyl (C=O) groups is 1. The van der Waals surface area contributed by atoms with Crippen LogP contribution in [0.1, 0.15) is 6.92 Å². The lowest BCUT2D eigenvalue weighted by Gasteiger charge is -2.12. The van der Waals surface area contributed by atoms with E-state index in [0.717, 1.165) is 12.1 Å². The van der Waals surface area contributed by atoms with Gasteiger partial charge in [-0.3, -0.25) is 10.1 Å². The Labute approximate surface area is 146 Å². The van der Waals surface area contributed by atoms with Crippen molar-refractivity contribution in [2.45, 2.75) is 6.92 Å². The monoisotopic (exact) mass is 360 g/mol. The molecule has 3 aromatic rings. The second-order valence-electron chi connectivity index (χ2n) is 5.43. The van der Waals surface area contributed by atoms with Crippen molar-refractivity contribution in [3.05, 3.63) is 58.3 Å². The lowest BCUT2D eigenvalue weighted by atomic mass is 10.1. The summed E-state index contributed by atoms with van der Waals surface area (Å²) in [4.78, 5) is 26.7. The van der Waals surface area contributed by atoms with Gasteiger partial charge in [-0.05, 0) is 25.1 Å². The molecule has 0 saturated carbocycles. The first-order chi connectivity index (χ1) is 12.4. The molecule has 134 valence electrons. The highest BCUT2D eigenvalue weighted by Gasteiger charge is 2.15. The summed E-state index contributed by atoms with van der Waals surface area (Å²) in [7, 11) is 0. The van der Waals surface area contributed by atoms with Crippen LogP contribution in [0.2, 0.25) is 0 Å². The van der Waals surface area contributed by atoms with Gasteiger partial charge in [-0.25, -0.2) is 13.6 Å². The number of ether oxygens (including phenoxy) is 1. The molecule has 0 bridgehead atoms. The number of amides is 1. The Hall–Kier alpha value is -3.42. The molecule has 0 radical (unpaired) electrons. The minimum Gasteiger partial charge on any atom is -0.508 e. The number of benzene rings is 2. The van der Waals surface area contributed by atoms with Crippen LogP contribution in [-0.4, -0.2) is 22.8 Å². The number of nitrogens with one attached hydrogen (secondary N) is 2. The highest BCUT2D eigenvalue weighted by Crippen LogP contribution is 2.30. The van der Waals surface area contributed by atoms with Gasteiger partial charge >= 0.3 is 6.09 Å². The fourth-order valence-corrected chi connectivity index (χ4v) is 2.60. The van der Waals surface area contributed by atoms with E-state index < -0.39 is 23.2 Å². The normalized spacial score (nSPS) is 10.7. The van der Waals surface area contributed by atoms with Crippen LogP contribution in [0.5, 0.6) is 5.75 Å². The standard InChI is InChI=1S/C18H14F2N2O4/c1-2-26-18(25)22-13-7-10(23)3-4-11(13)14-8-16(24)17-12(20)5-9(19)6-15(17)21-14/h3-8,23H,2H2,1H3,(H,21,24)(H,22,25). The Bertz CT molecular complexity index is 1060. The first-order valence-electron chi connectivity index (χ1n) is 7.68. The Morgan fingerprint density at radius 2 is 2.00 bits per heavy atom. The van der Waals surface area contributed by atoms with Crippen LogP contribution >= 0.6 is 0 Å². The molecule has 1 heterocycles. The average molecular weight is 360 g/mol. The zero-order valence-electron chi connectivity index (χ0n) is 13.6. The Morgan fingerprint density at radius 1 is 1.23 bits per heavy atom. The molecule has 1 aromatic heterocycles. The second kappa shape index (κ2) is 6.83. The molecule has 0 saturated heterocycles. The lowest BCUT2D eigenvalue weighted by molar-refractivity contribution is 0.168. The maximum Gasteiger partial charge on any atom is 0.411 e. The largest absolute Gasteiger partial charge is 0.508 e. The number of aromatic nitrogens is 1. The van der Waals surface area contributed by atoms with E-state index in [1.165, 1.54) is 18.2 Å². The molecule has 0 fully saturated rings. The molecule has 0 unspecified atom stereocenters. The molecular formula is C18H14F2N2O4. The molecule has 0 spiro atoms. The van der Waals surface area contributed by atoms with Crippen molar-refractivity contribution in [2.24, 2.45) is 0 Å². The number of H-pyrrole nitrogens is 1. The summed E-state index contributed by atoms with van der Waals surface area (Å²) < 4.78 is 32.1. The molecule has 0 aliphatic carbocycles. The minimum absolute atomic E-state index is 0.0276. The number of hydrogen-bond donors (Lipinski definition) is 3. The van der Waals surface area contributed by atoms with Gasteiger partial charge in [0.05, 0.1) is 28.9 Å². The molecule has 0 aliphatic heterocycles. The summed E-state index contributed by atoms with van der Waals surface area (Å²) in [5.41, 5.74) is 0.0238. The minimum atomic E-state index is -0.969. The fraction of sp³-hybridized carbons (Fsp3) is 0.111. The highest BCUT2D eigenvalue weighted by molar-refractivity contribution is 5.92. The van der Waals surface area contributed by atoms with Gasteiger partial charge in [0.2, 0.25) is 0 Å². The van der Waals surface area contributed by atoms with E-state index in [0.29, 0.717) is 11.6 Å². The van der Waals surface area contributed by atoms with E-state index >= 15 is 0 Å². The van der Waals surface area contributed by atoms with E-state index in [4.69, 9.17) is 4.74 Å². The first-order valence-corrected chi connectivity index (χ1v) is 7.68. The number of aromatic amines is 1. The maximum atomic E-state index is 13.9. The first kappa shape index (κ1) is 17.4. The molecule has 1 amide bonds. The number of phenolic OH excluding ortho intramolecular Hbond substituents is 1. The summed E-state index contributed by atoms with van der Waals surface area (Å²) >= 11 is 0. The van der Waals surface area contributed by atoms with Gasteiger partial charge in [-0.15, -0.1) is 0 Å². The number of pyridine rings is 1. The summed E-state index contributed by atoms with van der Waals surface area (Å²) in [6, 6.07) is 6.82. The predicted molar refractivity (Wildman–Crippen MR) is 92.2 cm³/mol. The van der Waals surface area contributed by atoms with Crippen molar-refractivity contribution in [1.29, 1.82) is 0 Å². The van der Waals surface area contributed by atoms with Crippen LogP contribution in [-0.2, 0) is 4.74 Å². The number of phenols is 1. The van der Waals surface area contributed by atoms with Gasteiger partial charge in [0.1, 0.15) is 17.4 Å². The third-order valence-electron chi connectivity index (χ3n) is 3.65. The number of rotatable bonds is 3. The molecule has 8 heteroatoms. The SMILES string of the molecule is CCOC(=O)Nc1cc(O)ccc1-c1cc(=O)c2c(F)cc(F)cc2[nH]1. The lowest BCUT2D eigenvalue weighted by Crippen LogP contribution is -2.14. The number of aromatic hydroxyl groups is 1. The van der Waals surface area contributed by atoms with E-state index in [9.17, 15) is 23.5 Å². The van der Waals surface area contributed by atoms with Gasteiger partial charge in [0.15, 0.2) is 5.43 Å². The molecular weight excluding hydrogens is 346 g/mol. The third kappa shape index (κ3) is 3.34. The van der Waals surface area contributed by atoms with Crippen LogP contribution in [0.3, 0.4) is 0 Å². The Morgan fingerprint density at radius 3 is 2.73 bits per heavy atom. The van der Waals surface area contributed by atoms with Crippen LogP contribution in [0.4, 0.5) is 19.3 Å². The third-order valence-corrected chi connectivity index (χ3v) is 3.65. The number of halogens is 2. The van der Waals surface area contributed by atoms with Gasteiger partial charge in [-0.1, -0.05) is 0 Å². The number of hydrogen-bond acceptors (Lipinski definition) is 4. The second-order valence-corrected chi connectivity index (χ2v) is 5.43. The van der Waals surface area contributed by atoms with E-state index in [1.807, 2.05) is 0 Å². The van der Waals surface area contributed by atoms with Gasteiger partial charge < -0.3 is 14.8 Å². The van der Waals surface area contributed by atoms with Crippen molar-refractivity contribution in [2.75, 3.05) is 11.9 Å². The van der Waals surface area contributed by atoms with Gasteiger partial charge in [-0.2, -0.15) is 0 Å². The van der Waals surface area contributed by atoms with Crippen molar-refractivity contribution in [3.8, 4) is 17.0 Å². The van der Waals surface area contributed by atoms with Crippen LogP contribution in [0.15, 0.2) is 41.2 Å². The van der Waals surface area contributed by atoms with E-state index in [1.54, 1.807) is 6.92 Å². The number of anilines is 1. The Balaban J connectivity index is 2.17. The van der Waals surface area contributed by atoms with Crippen LogP contribution in [0, 0.1) is 11.6 Å². The van der Waals surface area contributed by atoms with Gasteiger partial charge in [0, 0.05) is 23.8 Å². The van der Waals surface area contributed by atoms with Crippen molar-refractivity contribution < 1.29 is 23.4 Å². The zero-order chi connectivity index (χ0) is 18.8. The summed E-state index contributed by atoms with van der Waals surface area (Å²) in [5.74, 6) is -1.93. The van der Waals surface area contributed by atoms with E-state index in [2.05, 4.69) is 10.3 Å². The molecule has 3 N–H and O–H groups in total. The number of carbonyl (C=O) groups excluding carboxylic acids is 1. The molecule has 26 heavy (non-hydrogen) atoms. The fourth-order valence-electron chi connectivity index (χ4n) is 2.60. The summed E-state index contributed by atoms with van der Waals surface area (Å²) in [5, 5.41) is 11.8. The highest BCUT2D eigenvalue weighted by atomic mass is 19.1. The average Bonchev–Trinajstić information content (AvgIpc) is 2.53. The number of fused-ring (bicyclic) bond motifs is 1. The maximum absolute atomic E-state index is 13.9. The topological polar surface area (TPSA) is 91.4 Å². The quantitative estimate of drug-likeness (QED) is 0.663. The van der Waals surface area contributed by atoms with Crippen molar-refractivity contribution in [3.63, 3.8) is 0 Å². The Kier molecular flexibility index (Phi) is 4.57. The predicted octanol–water partition coefficient (Wildman–Crippen LogP) is 3.75. The molecule has 6 nitrogen and oxygen atoms in total. The zero-order valence-corrected chi connectivity index (χ0v) is 13.6. The van der Waals surface area contributed by atoms with E-state index in [-0.39, 0.29) is 34.6 Å². The summed E-state index contributed by atoms with van der Waals surface area (Å²) in [6.07, 6.45) is -0.750. The smallest absolute Gasteiger partial charge is 0.411 e. The molecule has 0 aliphatic rings. The van der Waals surface area contributed by atoms with Crippen LogP contribution < -0.4 is 10.7 Å². The van der Waals surface area contributed by atoms with Crippen molar-refractivity contribution >= 4 is 22.7 Å². The van der Waals surface area contributed by atoms with Crippen molar-refractivity contribution in [1.82, 2.24) is 4.98 Å². The molecule has 3 rings (SSSR count). The van der Waals surface area contributed by atoms with Crippen LogP contribution in [0.25, 0.3) is 22.2 Å². The molecule has 2 aromatic carbocycles.